The molecule has 3 aromatic rings. The van der Waals surface area contributed by atoms with Gasteiger partial charge in [0.1, 0.15) is 10.8 Å². The van der Waals surface area contributed by atoms with Gasteiger partial charge in [0.25, 0.3) is 0 Å². The minimum absolute atomic E-state index is 0.357. The van der Waals surface area contributed by atoms with Crippen LogP contribution in [0.1, 0.15) is 15.7 Å². The summed E-state index contributed by atoms with van der Waals surface area (Å²) in [6.07, 6.45) is 1.88. The van der Waals surface area contributed by atoms with E-state index in [2.05, 4.69) is 9.97 Å². The lowest BCUT2D eigenvalue weighted by Gasteiger charge is -2.06. The number of thiazole rings is 1. The summed E-state index contributed by atoms with van der Waals surface area (Å²) in [5.74, 6) is 1.17. The molecule has 0 spiro atoms. The number of rotatable bonds is 3. The first-order valence-corrected chi connectivity index (χ1v) is 7.53. The first-order chi connectivity index (χ1) is 9.19. The zero-order chi connectivity index (χ0) is 13.4. The molecule has 0 unspecified atom stereocenters. The number of halogens is 2. The van der Waals surface area contributed by atoms with Crippen molar-refractivity contribution in [3.8, 4) is 0 Å². The van der Waals surface area contributed by atoms with Crippen molar-refractivity contribution in [3.63, 3.8) is 0 Å². The minimum Gasteiger partial charge on any atom is -0.319 e. The fourth-order valence-electron chi connectivity index (χ4n) is 2.07. The van der Waals surface area contributed by atoms with E-state index in [0.29, 0.717) is 17.4 Å². The molecule has 0 saturated carbocycles. The third kappa shape index (κ3) is 2.36. The van der Waals surface area contributed by atoms with Gasteiger partial charge in [-0.15, -0.1) is 22.9 Å². The Balaban J connectivity index is 2.15. The third-order valence-corrected chi connectivity index (χ3v) is 4.32. The maximum absolute atomic E-state index is 6.28. The van der Waals surface area contributed by atoms with Crippen LogP contribution >= 0.6 is 34.5 Å². The van der Waals surface area contributed by atoms with E-state index >= 15 is 0 Å². The van der Waals surface area contributed by atoms with Gasteiger partial charge in [0.15, 0.2) is 0 Å². The van der Waals surface area contributed by atoms with Crippen molar-refractivity contribution in [2.45, 2.75) is 19.3 Å². The van der Waals surface area contributed by atoms with Crippen molar-refractivity contribution in [1.82, 2.24) is 14.5 Å². The zero-order valence-electron chi connectivity index (χ0n) is 10.2. The summed E-state index contributed by atoms with van der Waals surface area (Å²) in [5, 5.41) is 1.72. The second-order valence-electron chi connectivity index (χ2n) is 4.22. The smallest absolute Gasteiger partial charge is 0.125 e. The van der Waals surface area contributed by atoms with Gasteiger partial charge in [0.2, 0.25) is 0 Å². The van der Waals surface area contributed by atoms with Crippen LogP contribution in [-0.4, -0.2) is 14.5 Å². The number of benzene rings is 1. The summed E-state index contributed by atoms with van der Waals surface area (Å²) in [5.41, 5.74) is 1.80. The molecule has 3 rings (SSSR count). The van der Waals surface area contributed by atoms with Gasteiger partial charge < -0.3 is 4.57 Å². The number of hydrogen-bond acceptors (Lipinski definition) is 3. The van der Waals surface area contributed by atoms with Gasteiger partial charge in [-0.3, -0.25) is 0 Å². The first kappa shape index (κ1) is 12.9. The molecule has 0 atom stereocenters. The summed E-state index contributed by atoms with van der Waals surface area (Å²) in [4.78, 5) is 10.1. The van der Waals surface area contributed by atoms with Crippen molar-refractivity contribution >= 4 is 45.6 Å². The number of nitrogens with zero attached hydrogens (tertiary/aromatic N) is 3. The summed E-state index contributed by atoms with van der Waals surface area (Å²) < 4.78 is 2.04. The van der Waals surface area contributed by atoms with Gasteiger partial charge in [-0.25, -0.2) is 9.97 Å². The predicted molar refractivity (Wildman–Crippen MR) is 80.3 cm³/mol. The average Bonchev–Trinajstić information content (AvgIpc) is 2.95. The number of aromatic nitrogens is 3. The van der Waals surface area contributed by atoms with E-state index in [1.54, 1.807) is 11.3 Å². The molecule has 0 aliphatic carbocycles. The van der Waals surface area contributed by atoms with Crippen molar-refractivity contribution < 1.29 is 0 Å². The molecule has 0 amide bonds. The summed E-state index contributed by atoms with van der Waals surface area (Å²) in [6.45, 7) is 2.70. The largest absolute Gasteiger partial charge is 0.319 e. The summed E-state index contributed by atoms with van der Waals surface area (Å²) in [7, 11) is 0. The normalized spacial score (nSPS) is 11.3. The lowest BCUT2D eigenvalue weighted by molar-refractivity contribution is 0.773. The van der Waals surface area contributed by atoms with E-state index in [0.717, 1.165) is 21.9 Å². The van der Waals surface area contributed by atoms with Gasteiger partial charge in [0.05, 0.1) is 28.5 Å². The SMILES string of the molecule is Cc1cnc(Cn2c(CCl)nc3cccc(Cl)c32)s1. The molecule has 0 N–H and O–H groups in total. The van der Waals surface area contributed by atoms with Gasteiger partial charge in [-0.1, -0.05) is 17.7 Å². The Hall–Kier alpha value is -1.10. The maximum Gasteiger partial charge on any atom is 0.125 e. The van der Waals surface area contributed by atoms with Crippen molar-refractivity contribution in [3.05, 3.63) is 45.1 Å². The fourth-order valence-corrected chi connectivity index (χ4v) is 3.32. The Bertz CT molecular complexity index is 733. The van der Waals surface area contributed by atoms with Crippen LogP contribution in [0.15, 0.2) is 24.4 Å². The molecule has 6 heteroatoms. The first-order valence-electron chi connectivity index (χ1n) is 5.80. The number of fused-ring (bicyclic) bond motifs is 1. The molecular weight excluding hydrogens is 301 g/mol. The summed E-state index contributed by atoms with van der Waals surface area (Å²) >= 11 is 13.9. The number of hydrogen-bond donors (Lipinski definition) is 0. The molecule has 2 heterocycles. The summed E-state index contributed by atoms with van der Waals surface area (Å²) in [6, 6.07) is 5.71. The van der Waals surface area contributed by atoms with Gasteiger partial charge in [-0.2, -0.15) is 0 Å². The second-order valence-corrected chi connectivity index (χ2v) is 6.21. The number of imidazole rings is 1. The molecular formula is C13H11Cl2N3S. The quantitative estimate of drug-likeness (QED) is 0.677. The lowest BCUT2D eigenvalue weighted by atomic mass is 10.3. The van der Waals surface area contributed by atoms with Crippen molar-refractivity contribution in [2.75, 3.05) is 0 Å². The molecule has 0 aliphatic heterocycles. The van der Waals surface area contributed by atoms with E-state index in [1.807, 2.05) is 35.9 Å². The Labute approximate surface area is 124 Å². The molecule has 0 aliphatic rings. The topological polar surface area (TPSA) is 30.7 Å². The number of para-hydroxylation sites is 1. The van der Waals surface area contributed by atoms with Crippen LogP contribution in [0, 0.1) is 6.92 Å². The number of alkyl halides is 1. The highest BCUT2D eigenvalue weighted by atomic mass is 35.5. The number of aryl methyl sites for hydroxylation is 1. The van der Waals surface area contributed by atoms with E-state index in [-0.39, 0.29) is 0 Å². The predicted octanol–water partition coefficient (Wildman–Crippen LogP) is 4.24. The highest BCUT2D eigenvalue weighted by Crippen LogP contribution is 2.26. The molecule has 3 nitrogen and oxygen atoms in total. The standard InChI is InChI=1S/C13H11Cl2N3S/c1-8-6-16-12(19-8)7-18-11(5-14)17-10-4-2-3-9(15)13(10)18/h2-4,6H,5,7H2,1H3. The van der Waals surface area contributed by atoms with Crippen LogP contribution in [0.5, 0.6) is 0 Å². The molecule has 98 valence electrons. The van der Waals surface area contributed by atoms with E-state index in [4.69, 9.17) is 23.2 Å². The highest BCUT2D eigenvalue weighted by molar-refractivity contribution is 7.11. The average molecular weight is 312 g/mol. The molecule has 0 radical (unpaired) electrons. The zero-order valence-corrected chi connectivity index (χ0v) is 12.6. The van der Waals surface area contributed by atoms with Crippen LogP contribution in [-0.2, 0) is 12.4 Å². The van der Waals surface area contributed by atoms with Crippen LogP contribution < -0.4 is 0 Å². The van der Waals surface area contributed by atoms with Gasteiger partial charge in [-0.05, 0) is 19.1 Å². The second kappa shape index (κ2) is 5.12. The third-order valence-electron chi connectivity index (χ3n) is 2.88. The highest BCUT2D eigenvalue weighted by Gasteiger charge is 2.14. The Morgan fingerprint density at radius 2 is 2.21 bits per heavy atom. The van der Waals surface area contributed by atoms with Crippen LogP contribution in [0.3, 0.4) is 0 Å². The van der Waals surface area contributed by atoms with Crippen LogP contribution in [0.25, 0.3) is 11.0 Å². The maximum atomic E-state index is 6.28. The molecule has 0 fully saturated rings. The fraction of sp³-hybridized carbons (Fsp3) is 0.231. The minimum atomic E-state index is 0.357. The monoisotopic (exact) mass is 311 g/mol. The Morgan fingerprint density at radius 3 is 2.89 bits per heavy atom. The van der Waals surface area contributed by atoms with E-state index in [1.165, 1.54) is 4.88 Å². The Kier molecular flexibility index (Phi) is 3.48. The van der Waals surface area contributed by atoms with E-state index in [9.17, 15) is 0 Å². The molecule has 0 bridgehead atoms. The van der Waals surface area contributed by atoms with Crippen LogP contribution in [0.2, 0.25) is 5.02 Å². The van der Waals surface area contributed by atoms with Crippen LogP contribution in [0.4, 0.5) is 0 Å². The molecule has 19 heavy (non-hydrogen) atoms. The molecule has 2 aromatic heterocycles. The van der Waals surface area contributed by atoms with Crippen molar-refractivity contribution in [1.29, 1.82) is 0 Å². The molecule has 1 aromatic carbocycles. The van der Waals surface area contributed by atoms with Crippen molar-refractivity contribution in [2.24, 2.45) is 0 Å². The van der Waals surface area contributed by atoms with Gasteiger partial charge in [0, 0.05) is 11.1 Å². The lowest BCUT2D eigenvalue weighted by Crippen LogP contribution is -2.03. The van der Waals surface area contributed by atoms with E-state index < -0.39 is 0 Å². The van der Waals surface area contributed by atoms with Gasteiger partial charge >= 0.3 is 0 Å². The Morgan fingerprint density at radius 1 is 1.37 bits per heavy atom. The molecule has 0 saturated heterocycles.